The highest BCUT2D eigenvalue weighted by Gasteiger charge is 2.47. The zero-order chi connectivity index (χ0) is 22.7. The van der Waals surface area contributed by atoms with Gasteiger partial charge in [-0.25, -0.2) is 4.79 Å². The van der Waals surface area contributed by atoms with Crippen LogP contribution in [0.3, 0.4) is 0 Å². The average Bonchev–Trinajstić information content (AvgIpc) is 3.51. The highest BCUT2D eigenvalue weighted by atomic mass is 16.6. The normalized spacial score (nSPS) is 20.2. The van der Waals surface area contributed by atoms with Crippen molar-refractivity contribution in [1.82, 2.24) is 10.2 Å². The van der Waals surface area contributed by atoms with Gasteiger partial charge in [0.1, 0.15) is 0 Å². The summed E-state index contributed by atoms with van der Waals surface area (Å²) in [5.74, 6) is 0.0258. The van der Waals surface area contributed by atoms with E-state index in [-0.39, 0.29) is 23.8 Å². The first-order valence-corrected chi connectivity index (χ1v) is 11.1. The van der Waals surface area contributed by atoms with Gasteiger partial charge >= 0.3 is 6.09 Å². The molecule has 2 unspecified atom stereocenters. The molecule has 2 fully saturated rings. The number of hydrogen-bond acceptors (Lipinski definition) is 4. The van der Waals surface area contributed by atoms with Crippen LogP contribution >= 0.6 is 0 Å². The molecule has 2 aromatic rings. The summed E-state index contributed by atoms with van der Waals surface area (Å²) in [7, 11) is 0. The first-order valence-electron chi connectivity index (χ1n) is 11.1. The molecule has 2 aromatic carbocycles. The van der Waals surface area contributed by atoms with Crippen molar-refractivity contribution in [3.8, 4) is 0 Å². The summed E-state index contributed by atoms with van der Waals surface area (Å²) in [4.78, 5) is 39.4. The number of ether oxygens (including phenoxy) is 1. The third kappa shape index (κ3) is 5.28. The lowest BCUT2D eigenvalue weighted by atomic mass is 10.00. The lowest BCUT2D eigenvalue weighted by Crippen LogP contribution is -2.46. The summed E-state index contributed by atoms with van der Waals surface area (Å²) in [6.45, 7) is 4.28. The van der Waals surface area contributed by atoms with Gasteiger partial charge in [-0.1, -0.05) is 56.3 Å². The van der Waals surface area contributed by atoms with Crippen LogP contribution in [-0.4, -0.2) is 34.9 Å². The minimum atomic E-state index is -0.760. The number of nitrogens with zero attached hydrogens (tertiary/aromatic N) is 1. The lowest BCUT2D eigenvalue weighted by Gasteiger charge is -2.24. The zero-order valence-corrected chi connectivity index (χ0v) is 18.4. The van der Waals surface area contributed by atoms with E-state index in [1.807, 2.05) is 44.2 Å². The van der Waals surface area contributed by atoms with Crippen LogP contribution in [0.4, 0.5) is 10.5 Å². The molecule has 0 radical (unpaired) electrons. The Morgan fingerprint density at radius 2 is 1.75 bits per heavy atom. The fourth-order valence-corrected chi connectivity index (χ4v) is 3.84. The predicted molar refractivity (Wildman–Crippen MR) is 121 cm³/mol. The van der Waals surface area contributed by atoms with Crippen molar-refractivity contribution >= 4 is 23.6 Å². The Bertz CT molecular complexity index is 970. The molecule has 1 aliphatic carbocycles. The summed E-state index contributed by atoms with van der Waals surface area (Å²) >= 11 is 0. The summed E-state index contributed by atoms with van der Waals surface area (Å²) in [5, 5.41) is 5.89. The number of cyclic esters (lactones) is 1. The van der Waals surface area contributed by atoms with Crippen molar-refractivity contribution < 1.29 is 19.1 Å². The second-order valence-corrected chi connectivity index (χ2v) is 8.91. The minimum Gasteiger partial charge on any atom is -0.438 e. The van der Waals surface area contributed by atoms with Crippen LogP contribution in [-0.2, 0) is 20.9 Å². The number of carbonyl (C=O) groups excluding carboxylic acids is 3. The number of nitrogens with one attached hydrogen (secondary N) is 2. The van der Waals surface area contributed by atoms with Gasteiger partial charge in [0.15, 0.2) is 12.1 Å². The van der Waals surface area contributed by atoms with Crippen LogP contribution < -0.4 is 10.6 Å². The third-order valence-electron chi connectivity index (χ3n) is 5.59. The van der Waals surface area contributed by atoms with Gasteiger partial charge < -0.3 is 15.4 Å². The van der Waals surface area contributed by atoms with Crippen molar-refractivity contribution in [2.75, 3.05) is 5.32 Å². The zero-order valence-electron chi connectivity index (χ0n) is 18.4. The van der Waals surface area contributed by atoms with Gasteiger partial charge in [0.05, 0.1) is 6.54 Å². The van der Waals surface area contributed by atoms with Crippen LogP contribution in [0, 0.1) is 5.92 Å². The van der Waals surface area contributed by atoms with Crippen molar-refractivity contribution in [3.05, 3.63) is 65.7 Å². The van der Waals surface area contributed by atoms with E-state index in [2.05, 4.69) is 10.6 Å². The van der Waals surface area contributed by atoms with Crippen molar-refractivity contribution in [2.24, 2.45) is 5.92 Å². The fraction of sp³-hybridized carbons (Fsp3) is 0.400. The van der Waals surface area contributed by atoms with Gasteiger partial charge in [-0.15, -0.1) is 0 Å². The molecule has 1 heterocycles. The smallest absolute Gasteiger partial charge is 0.411 e. The SMILES string of the molecule is CC(C)CC(=O)Nc1ccc(C2OC(=O)N(Cc3ccccc3)C2C(=O)NC2CC2)cc1. The Labute approximate surface area is 188 Å². The largest absolute Gasteiger partial charge is 0.438 e. The molecule has 2 aliphatic rings. The van der Waals surface area contributed by atoms with E-state index in [4.69, 9.17) is 4.74 Å². The fourth-order valence-electron chi connectivity index (χ4n) is 3.84. The lowest BCUT2D eigenvalue weighted by molar-refractivity contribution is -0.126. The molecular weight excluding hydrogens is 406 g/mol. The van der Waals surface area contributed by atoms with Gasteiger partial charge in [-0.3, -0.25) is 14.5 Å². The second-order valence-electron chi connectivity index (χ2n) is 8.91. The molecule has 7 heteroatoms. The molecule has 2 atom stereocenters. The Hall–Kier alpha value is -3.35. The van der Waals surface area contributed by atoms with E-state index in [0.29, 0.717) is 24.2 Å². The Morgan fingerprint density at radius 3 is 2.38 bits per heavy atom. The van der Waals surface area contributed by atoms with Gasteiger partial charge in [-0.2, -0.15) is 0 Å². The molecule has 1 aliphatic heterocycles. The third-order valence-corrected chi connectivity index (χ3v) is 5.59. The van der Waals surface area contributed by atoms with Gasteiger partial charge in [0.25, 0.3) is 0 Å². The number of carbonyl (C=O) groups is 3. The molecule has 0 aromatic heterocycles. The second kappa shape index (κ2) is 9.42. The molecule has 32 heavy (non-hydrogen) atoms. The molecule has 4 rings (SSSR count). The first-order chi connectivity index (χ1) is 15.4. The summed E-state index contributed by atoms with van der Waals surface area (Å²) in [6.07, 6.45) is 1.14. The molecular formula is C25H29N3O4. The predicted octanol–water partition coefficient (Wildman–Crippen LogP) is 4.01. The van der Waals surface area contributed by atoms with E-state index >= 15 is 0 Å². The van der Waals surface area contributed by atoms with E-state index in [1.54, 1.807) is 24.3 Å². The molecule has 168 valence electrons. The van der Waals surface area contributed by atoms with Crippen molar-refractivity contribution in [1.29, 1.82) is 0 Å². The van der Waals surface area contributed by atoms with Crippen LogP contribution in [0.1, 0.15) is 50.3 Å². The van der Waals surface area contributed by atoms with E-state index in [9.17, 15) is 14.4 Å². The van der Waals surface area contributed by atoms with Crippen LogP contribution in [0.5, 0.6) is 0 Å². The summed E-state index contributed by atoms with van der Waals surface area (Å²) in [6, 6.07) is 16.1. The summed E-state index contributed by atoms with van der Waals surface area (Å²) in [5.41, 5.74) is 2.31. The molecule has 1 saturated carbocycles. The average molecular weight is 436 g/mol. The number of anilines is 1. The Kier molecular flexibility index (Phi) is 6.44. The summed E-state index contributed by atoms with van der Waals surface area (Å²) < 4.78 is 5.68. The quantitative estimate of drug-likeness (QED) is 0.656. The highest BCUT2D eigenvalue weighted by Crippen LogP contribution is 2.35. The maximum absolute atomic E-state index is 13.1. The molecule has 3 amide bonds. The van der Waals surface area contributed by atoms with Gasteiger partial charge in [-0.05, 0) is 42.0 Å². The van der Waals surface area contributed by atoms with E-state index < -0.39 is 18.2 Å². The maximum Gasteiger partial charge on any atom is 0.411 e. The van der Waals surface area contributed by atoms with Crippen LogP contribution in [0.15, 0.2) is 54.6 Å². The molecule has 1 saturated heterocycles. The number of benzene rings is 2. The Balaban J connectivity index is 1.53. The number of hydrogen-bond donors (Lipinski definition) is 2. The van der Waals surface area contributed by atoms with Gasteiger partial charge in [0.2, 0.25) is 11.8 Å². The number of rotatable bonds is 8. The highest BCUT2D eigenvalue weighted by molar-refractivity contribution is 5.91. The van der Waals surface area contributed by atoms with E-state index in [1.165, 1.54) is 4.90 Å². The monoisotopic (exact) mass is 435 g/mol. The maximum atomic E-state index is 13.1. The molecule has 0 bridgehead atoms. The minimum absolute atomic E-state index is 0.0456. The van der Waals surface area contributed by atoms with E-state index in [0.717, 1.165) is 18.4 Å². The molecule has 7 nitrogen and oxygen atoms in total. The standard InChI is InChI=1S/C25H29N3O4/c1-16(2)14-21(29)26-19-10-8-18(9-11-19)23-22(24(30)27-20-12-13-20)28(25(31)32-23)15-17-6-4-3-5-7-17/h3-11,16,20,22-23H,12-15H2,1-2H3,(H,26,29)(H,27,30). The van der Waals surface area contributed by atoms with Gasteiger partial charge in [0, 0.05) is 18.2 Å². The van der Waals surface area contributed by atoms with Crippen LogP contribution in [0.2, 0.25) is 0 Å². The molecule has 0 spiro atoms. The first kappa shape index (κ1) is 21.9. The number of amides is 3. The molecule has 2 N–H and O–H groups in total. The van der Waals surface area contributed by atoms with Crippen molar-refractivity contribution in [2.45, 2.75) is 57.8 Å². The Morgan fingerprint density at radius 1 is 1.06 bits per heavy atom. The van der Waals surface area contributed by atoms with Crippen molar-refractivity contribution in [3.63, 3.8) is 0 Å². The van der Waals surface area contributed by atoms with Crippen LogP contribution in [0.25, 0.3) is 0 Å². The topological polar surface area (TPSA) is 87.7 Å².